The monoisotopic (exact) mass is 375 g/mol. The highest BCUT2D eigenvalue weighted by Gasteiger charge is 2.14. The van der Waals surface area contributed by atoms with E-state index < -0.39 is 0 Å². The molecule has 0 atom stereocenters. The third-order valence-electron chi connectivity index (χ3n) is 4.68. The van der Waals surface area contributed by atoms with E-state index in [4.69, 9.17) is 9.15 Å². The van der Waals surface area contributed by atoms with Crippen LogP contribution in [0.15, 0.2) is 65.1 Å². The van der Waals surface area contributed by atoms with Crippen molar-refractivity contribution in [3.05, 3.63) is 83.6 Å². The Morgan fingerprint density at radius 3 is 2.75 bits per heavy atom. The quantitative estimate of drug-likeness (QED) is 0.554. The van der Waals surface area contributed by atoms with E-state index in [1.807, 2.05) is 61.5 Å². The van der Waals surface area contributed by atoms with Gasteiger partial charge in [-0.3, -0.25) is 4.79 Å². The average molecular weight is 375 g/mol. The molecule has 0 radical (unpaired) electrons. The van der Waals surface area contributed by atoms with Crippen LogP contribution in [0.3, 0.4) is 0 Å². The molecule has 1 amide bonds. The van der Waals surface area contributed by atoms with E-state index in [0.29, 0.717) is 18.8 Å². The van der Waals surface area contributed by atoms with Gasteiger partial charge in [-0.15, -0.1) is 0 Å². The largest absolute Gasteiger partial charge is 0.496 e. The molecular formula is C22H21N3O3. The number of benzene rings is 2. The van der Waals surface area contributed by atoms with Gasteiger partial charge in [0, 0.05) is 12.1 Å². The Bertz CT molecular complexity index is 1130. The summed E-state index contributed by atoms with van der Waals surface area (Å²) < 4.78 is 13.2. The van der Waals surface area contributed by atoms with Crippen molar-refractivity contribution >= 4 is 16.9 Å². The van der Waals surface area contributed by atoms with E-state index in [-0.39, 0.29) is 11.7 Å². The van der Waals surface area contributed by atoms with E-state index in [2.05, 4.69) is 14.9 Å². The molecule has 0 aliphatic rings. The van der Waals surface area contributed by atoms with Gasteiger partial charge in [0.15, 0.2) is 5.76 Å². The third kappa shape index (κ3) is 3.49. The molecule has 2 heterocycles. The number of fused-ring (bicyclic) bond motifs is 1. The van der Waals surface area contributed by atoms with Gasteiger partial charge >= 0.3 is 0 Å². The smallest absolute Gasteiger partial charge is 0.287 e. The molecule has 28 heavy (non-hydrogen) atoms. The molecule has 0 aliphatic carbocycles. The molecular weight excluding hydrogens is 354 g/mol. The number of methoxy groups -OCH3 is 1. The number of nitrogens with zero attached hydrogens (tertiary/aromatic N) is 2. The Balaban J connectivity index is 1.46. The molecule has 1 N–H and O–H groups in total. The summed E-state index contributed by atoms with van der Waals surface area (Å²) in [7, 11) is 1.61. The fourth-order valence-electron chi connectivity index (χ4n) is 3.25. The fraction of sp³-hybridized carbons (Fsp3) is 0.182. The minimum Gasteiger partial charge on any atom is -0.496 e. The Labute approximate surface area is 162 Å². The lowest BCUT2D eigenvalue weighted by atomic mass is 10.2. The summed E-state index contributed by atoms with van der Waals surface area (Å²) in [4.78, 5) is 17.0. The molecule has 0 unspecified atom stereocenters. The summed E-state index contributed by atoms with van der Waals surface area (Å²) in [6.45, 7) is 2.85. The topological polar surface area (TPSA) is 69.3 Å². The summed E-state index contributed by atoms with van der Waals surface area (Å²) in [5.41, 5.74) is 2.89. The van der Waals surface area contributed by atoms with Gasteiger partial charge in [-0.25, -0.2) is 4.98 Å². The van der Waals surface area contributed by atoms with Crippen molar-refractivity contribution in [2.75, 3.05) is 7.11 Å². The maximum absolute atomic E-state index is 12.4. The van der Waals surface area contributed by atoms with Crippen molar-refractivity contribution < 1.29 is 13.9 Å². The first-order valence-electron chi connectivity index (χ1n) is 9.06. The number of imidazole rings is 1. The van der Waals surface area contributed by atoms with Crippen LogP contribution < -0.4 is 10.1 Å². The van der Waals surface area contributed by atoms with Crippen molar-refractivity contribution in [1.82, 2.24) is 14.9 Å². The number of hydrogen-bond acceptors (Lipinski definition) is 4. The molecule has 142 valence electrons. The molecule has 0 aliphatic heterocycles. The predicted octanol–water partition coefficient (Wildman–Crippen LogP) is 3.92. The molecule has 2 aromatic heterocycles. The van der Waals surface area contributed by atoms with Crippen molar-refractivity contribution in [1.29, 1.82) is 0 Å². The van der Waals surface area contributed by atoms with E-state index in [1.54, 1.807) is 13.2 Å². The number of amides is 1. The highest BCUT2D eigenvalue weighted by atomic mass is 16.5. The first kappa shape index (κ1) is 17.9. The second kappa shape index (κ2) is 7.60. The van der Waals surface area contributed by atoms with Crippen molar-refractivity contribution in [2.45, 2.75) is 20.0 Å². The molecule has 0 saturated carbocycles. The molecule has 4 aromatic rings. The van der Waals surface area contributed by atoms with Crippen LogP contribution in [0.4, 0.5) is 0 Å². The first-order chi connectivity index (χ1) is 13.7. The summed E-state index contributed by atoms with van der Waals surface area (Å²) in [6, 6.07) is 19.1. The van der Waals surface area contributed by atoms with E-state index in [9.17, 15) is 4.79 Å². The molecule has 0 spiro atoms. The predicted molar refractivity (Wildman–Crippen MR) is 106 cm³/mol. The number of para-hydroxylation sites is 3. The first-order valence-corrected chi connectivity index (χ1v) is 9.06. The lowest BCUT2D eigenvalue weighted by Crippen LogP contribution is -2.22. The minimum absolute atomic E-state index is 0.260. The van der Waals surface area contributed by atoms with Crippen LogP contribution in [0.2, 0.25) is 0 Å². The van der Waals surface area contributed by atoms with Gasteiger partial charge in [-0.1, -0.05) is 30.3 Å². The molecule has 0 fully saturated rings. The van der Waals surface area contributed by atoms with E-state index in [0.717, 1.165) is 28.2 Å². The zero-order chi connectivity index (χ0) is 19.5. The highest BCUT2D eigenvalue weighted by Crippen LogP contribution is 2.19. The van der Waals surface area contributed by atoms with Gasteiger partial charge < -0.3 is 19.0 Å². The van der Waals surface area contributed by atoms with Crippen LogP contribution in [0.25, 0.3) is 11.0 Å². The van der Waals surface area contributed by atoms with Crippen LogP contribution in [0, 0.1) is 6.92 Å². The lowest BCUT2D eigenvalue weighted by Gasteiger charge is -2.08. The van der Waals surface area contributed by atoms with Gasteiger partial charge in [-0.2, -0.15) is 0 Å². The minimum atomic E-state index is -0.260. The van der Waals surface area contributed by atoms with Crippen LogP contribution in [0.1, 0.15) is 27.7 Å². The van der Waals surface area contributed by atoms with Gasteiger partial charge in [0.1, 0.15) is 17.3 Å². The number of carbonyl (C=O) groups excluding carboxylic acids is 1. The summed E-state index contributed by atoms with van der Waals surface area (Å²) in [6.07, 6.45) is 0. The molecule has 6 heteroatoms. The second-order valence-corrected chi connectivity index (χ2v) is 6.49. The molecule has 6 nitrogen and oxygen atoms in total. The molecule has 2 aromatic carbocycles. The van der Waals surface area contributed by atoms with Gasteiger partial charge in [0.05, 0.1) is 24.7 Å². The van der Waals surface area contributed by atoms with Crippen molar-refractivity contribution in [3.63, 3.8) is 0 Å². The van der Waals surface area contributed by atoms with Crippen LogP contribution in [0.5, 0.6) is 5.75 Å². The Morgan fingerprint density at radius 2 is 1.89 bits per heavy atom. The Hall–Kier alpha value is -3.54. The highest BCUT2D eigenvalue weighted by molar-refractivity contribution is 5.91. The van der Waals surface area contributed by atoms with Crippen molar-refractivity contribution in [3.8, 4) is 5.75 Å². The number of hydrogen-bond donors (Lipinski definition) is 1. The van der Waals surface area contributed by atoms with E-state index in [1.165, 1.54) is 0 Å². The molecule has 0 saturated heterocycles. The second-order valence-electron chi connectivity index (χ2n) is 6.49. The zero-order valence-electron chi connectivity index (χ0n) is 15.8. The molecule has 0 bridgehead atoms. The van der Waals surface area contributed by atoms with Crippen LogP contribution in [-0.4, -0.2) is 22.6 Å². The van der Waals surface area contributed by atoms with Gasteiger partial charge in [0.25, 0.3) is 5.91 Å². The number of rotatable bonds is 6. The van der Waals surface area contributed by atoms with E-state index >= 15 is 0 Å². The van der Waals surface area contributed by atoms with Crippen molar-refractivity contribution in [2.24, 2.45) is 0 Å². The number of aromatic nitrogens is 2. The van der Waals surface area contributed by atoms with Gasteiger partial charge in [0.2, 0.25) is 0 Å². The summed E-state index contributed by atoms with van der Waals surface area (Å²) in [5.74, 6) is 2.37. The SMILES string of the molecule is COc1ccccc1CNC(=O)c1ccc(Cn2c(C)nc3ccccc32)o1. The number of carbonyl (C=O) groups is 1. The summed E-state index contributed by atoms with van der Waals surface area (Å²) >= 11 is 0. The average Bonchev–Trinajstić information content (AvgIpc) is 3.31. The standard InChI is InChI=1S/C22H21N3O3/c1-15-24-18-8-4-5-9-19(18)25(15)14-17-11-12-21(28-17)22(26)23-13-16-7-3-6-10-20(16)27-2/h3-12H,13-14H2,1-2H3,(H,23,26). The number of ether oxygens (including phenoxy) is 1. The maximum Gasteiger partial charge on any atom is 0.287 e. The molecule has 4 rings (SSSR count). The fourth-order valence-corrected chi connectivity index (χ4v) is 3.25. The summed E-state index contributed by atoms with van der Waals surface area (Å²) in [5, 5.41) is 2.87. The Kier molecular flexibility index (Phi) is 4.85. The normalized spacial score (nSPS) is 10.9. The number of nitrogens with one attached hydrogen (secondary N) is 1. The lowest BCUT2D eigenvalue weighted by molar-refractivity contribution is 0.0921. The van der Waals surface area contributed by atoms with Crippen LogP contribution in [-0.2, 0) is 13.1 Å². The third-order valence-corrected chi connectivity index (χ3v) is 4.68. The van der Waals surface area contributed by atoms with Gasteiger partial charge in [-0.05, 0) is 37.3 Å². The maximum atomic E-state index is 12.4. The Morgan fingerprint density at radius 1 is 1.11 bits per heavy atom. The number of furan rings is 1. The zero-order valence-corrected chi connectivity index (χ0v) is 15.8. The number of aryl methyl sites for hydroxylation is 1. The van der Waals surface area contributed by atoms with Crippen LogP contribution >= 0.6 is 0 Å².